The van der Waals surface area contributed by atoms with E-state index in [2.05, 4.69) is 17.4 Å². The molecule has 2 aromatic rings. The van der Waals surface area contributed by atoms with Crippen molar-refractivity contribution in [1.82, 2.24) is 5.32 Å². The first-order valence-electron chi connectivity index (χ1n) is 9.51. The van der Waals surface area contributed by atoms with Crippen LogP contribution in [0.3, 0.4) is 0 Å². The number of aromatic hydroxyl groups is 1. The number of phenolic OH excluding ortho intramolecular Hbond substituents is 1. The van der Waals surface area contributed by atoms with Gasteiger partial charge in [0.25, 0.3) is 0 Å². The summed E-state index contributed by atoms with van der Waals surface area (Å²) in [5, 5.41) is 24.9. The Morgan fingerprint density at radius 1 is 1.26 bits per heavy atom. The molecule has 2 N–H and O–H groups in total. The average molecular weight is 366 g/mol. The van der Waals surface area contributed by atoms with Crippen LogP contribution < -0.4 is 10.4 Å². The number of aliphatic carboxylic acids is 1. The average Bonchev–Trinajstić information content (AvgIpc) is 3.08. The van der Waals surface area contributed by atoms with Crippen LogP contribution in [0.5, 0.6) is 5.75 Å². The van der Waals surface area contributed by atoms with E-state index in [1.807, 2.05) is 18.2 Å². The SMILES string of the molecule is O=C([O-])Cc1ccc(O)c(C2COC3(CCCNC3c3ccccc3)C2)c1. The van der Waals surface area contributed by atoms with Crippen LogP contribution in [0.1, 0.15) is 47.9 Å². The van der Waals surface area contributed by atoms with Gasteiger partial charge in [-0.2, -0.15) is 0 Å². The summed E-state index contributed by atoms with van der Waals surface area (Å²) in [6.45, 7) is 1.48. The lowest BCUT2D eigenvalue weighted by atomic mass is 9.76. The van der Waals surface area contributed by atoms with Crippen molar-refractivity contribution in [3.05, 3.63) is 65.2 Å². The molecule has 0 bridgehead atoms. The van der Waals surface area contributed by atoms with Gasteiger partial charge < -0.3 is 25.1 Å². The number of rotatable bonds is 4. The van der Waals surface area contributed by atoms with E-state index in [1.54, 1.807) is 18.2 Å². The standard InChI is InChI=1S/C22H25NO4/c24-19-8-7-15(12-20(25)26)11-18(19)17-13-22(27-14-17)9-4-10-23-21(22)16-5-2-1-3-6-16/h1-3,5-8,11,17,21,23-24H,4,9-10,12-14H2,(H,25,26)/p-1. The number of carbonyl (C=O) groups is 1. The minimum Gasteiger partial charge on any atom is -0.550 e. The number of carboxylic acids is 1. The molecule has 0 saturated carbocycles. The van der Waals surface area contributed by atoms with Crippen molar-refractivity contribution >= 4 is 5.97 Å². The summed E-state index contributed by atoms with van der Waals surface area (Å²) < 4.78 is 6.39. The maximum Gasteiger partial charge on any atom is 0.119 e. The predicted octanol–water partition coefficient (Wildman–Crippen LogP) is 2.05. The molecule has 1 spiro atoms. The molecule has 142 valence electrons. The van der Waals surface area contributed by atoms with Gasteiger partial charge in [0.1, 0.15) is 5.75 Å². The van der Waals surface area contributed by atoms with E-state index in [-0.39, 0.29) is 29.7 Å². The molecule has 3 atom stereocenters. The molecule has 2 saturated heterocycles. The van der Waals surface area contributed by atoms with Crippen LogP contribution in [0.2, 0.25) is 0 Å². The van der Waals surface area contributed by atoms with Gasteiger partial charge in [-0.15, -0.1) is 0 Å². The quantitative estimate of drug-likeness (QED) is 0.866. The van der Waals surface area contributed by atoms with E-state index in [1.165, 1.54) is 5.56 Å². The van der Waals surface area contributed by atoms with Crippen LogP contribution in [0.25, 0.3) is 0 Å². The Morgan fingerprint density at radius 2 is 2.07 bits per heavy atom. The van der Waals surface area contributed by atoms with Crippen molar-refractivity contribution in [3.8, 4) is 5.75 Å². The molecule has 2 aliphatic heterocycles. The van der Waals surface area contributed by atoms with Crippen LogP contribution in [-0.4, -0.2) is 29.8 Å². The first kappa shape index (κ1) is 18.0. The summed E-state index contributed by atoms with van der Waals surface area (Å²) in [5.41, 5.74) is 2.32. The minimum absolute atomic E-state index is 0.0396. The summed E-state index contributed by atoms with van der Waals surface area (Å²) in [5.74, 6) is -0.882. The molecule has 3 unspecified atom stereocenters. The van der Waals surface area contributed by atoms with E-state index < -0.39 is 5.97 Å². The van der Waals surface area contributed by atoms with Gasteiger partial charge in [-0.05, 0) is 48.6 Å². The van der Waals surface area contributed by atoms with Crippen LogP contribution in [0, 0.1) is 0 Å². The number of piperidine rings is 1. The molecule has 5 heteroatoms. The van der Waals surface area contributed by atoms with Crippen LogP contribution in [0.15, 0.2) is 48.5 Å². The van der Waals surface area contributed by atoms with Gasteiger partial charge in [0.15, 0.2) is 0 Å². The number of carboxylic acid groups (broad SMARTS) is 1. The number of benzene rings is 2. The second-order valence-corrected chi connectivity index (χ2v) is 7.62. The van der Waals surface area contributed by atoms with Crippen molar-refractivity contribution < 1.29 is 19.7 Å². The normalized spacial score (nSPS) is 27.7. The van der Waals surface area contributed by atoms with E-state index in [9.17, 15) is 15.0 Å². The fourth-order valence-corrected chi connectivity index (χ4v) is 4.62. The molecule has 2 aliphatic rings. The number of nitrogens with one attached hydrogen (secondary N) is 1. The summed E-state index contributed by atoms with van der Waals surface area (Å²) in [6.07, 6.45) is 2.66. The number of hydrogen-bond acceptors (Lipinski definition) is 5. The van der Waals surface area contributed by atoms with Crippen LogP contribution in [0.4, 0.5) is 0 Å². The van der Waals surface area contributed by atoms with Gasteiger partial charge in [-0.1, -0.05) is 42.5 Å². The second-order valence-electron chi connectivity index (χ2n) is 7.62. The van der Waals surface area contributed by atoms with E-state index >= 15 is 0 Å². The second kappa shape index (κ2) is 7.33. The summed E-state index contributed by atoms with van der Waals surface area (Å²) in [7, 11) is 0. The van der Waals surface area contributed by atoms with Crippen molar-refractivity contribution in [2.24, 2.45) is 0 Å². The van der Waals surface area contributed by atoms with Crippen LogP contribution >= 0.6 is 0 Å². The molecule has 2 aromatic carbocycles. The Hall–Kier alpha value is -2.37. The Labute approximate surface area is 159 Å². The maximum absolute atomic E-state index is 10.9. The predicted molar refractivity (Wildman–Crippen MR) is 99.3 cm³/mol. The fraction of sp³-hybridized carbons (Fsp3) is 0.409. The fourth-order valence-electron chi connectivity index (χ4n) is 4.62. The molecule has 0 aromatic heterocycles. The third kappa shape index (κ3) is 3.57. The molecule has 5 nitrogen and oxygen atoms in total. The van der Waals surface area contributed by atoms with Crippen molar-refractivity contribution in [2.45, 2.75) is 43.2 Å². The number of hydrogen-bond donors (Lipinski definition) is 2. The van der Waals surface area contributed by atoms with E-state index in [4.69, 9.17) is 4.74 Å². The van der Waals surface area contributed by atoms with Crippen molar-refractivity contribution in [1.29, 1.82) is 0 Å². The number of phenols is 1. The highest BCUT2D eigenvalue weighted by Crippen LogP contribution is 2.49. The number of carbonyl (C=O) groups excluding carboxylic acids is 1. The Balaban J connectivity index is 1.61. The molecule has 2 heterocycles. The molecule has 27 heavy (non-hydrogen) atoms. The lowest BCUT2D eigenvalue weighted by Gasteiger charge is -2.41. The van der Waals surface area contributed by atoms with Gasteiger partial charge >= 0.3 is 0 Å². The number of ether oxygens (including phenoxy) is 1. The highest BCUT2D eigenvalue weighted by molar-refractivity contribution is 5.68. The van der Waals surface area contributed by atoms with E-state index in [0.717, 1.165) is 31.4 Å². The largest absolute Gasteiger partial charge is 0.550 e. The Morgan fingerprint density at radius 3 is 2.85 bits per heavy atom. The topological polar surface area (TPSA) is 81.6 Å². The molecule has 4 rings (SSSR count). The molecular weight excluding hydrogens is 342 g/mol. The minimum atomic E-state index is -1.12. The first-order valence-corrected chi connectivity index (χ1v) is 9.51. The molecule has 0 amide bonds. The lowest BCUT2D eigenvalue weighted by Crippen LogP contribution is -2.48. The molecule has 0 aliphatic carbocycles. The van der Waals surface area contributed by atoms with Crippen molar-refractivity contribution in [2.75, 3.05) is 13.2 Å². The lowest BCUT2D eigenvalue weighted by molar-refractivity contribution is -0.304. The van der Waals surface area contributed by atoms with Gasteiger partial charge in [0, 0.05) is 18.3 Å². The summed E-state index contributed by atoms with van der Waals surface area (Å²) >= 11 is 0. The Bertz CT molecular complexity index is 822. The summed E-state index contributed by atoms with van der Waals surface area (Å²) in [6, 6.07) is 15.5. The van der Waals surface area contributed by atoms with Gasteiger partial charge in [0.2, 0.25) is 0 Å². The molecular formula is C22H24NO4-. The van der Waals surface area contributed by atoms with Gasteiger partial charge in [-0.3, -0.25) is 0 Å². The van der Waals surface area contributed by atoms with Gasteiger partial charge in [-0.25, -0.2) is 0 Å². The highest BCUT2D eigenvalue weighted by Gasteiger charge is 2.48. The molecule has 0 radical (unpaired) electrons. The zero-order valence-corrected chi connectivity index (χ0v) is 15.2. The zero-order chi connectivity index (χ0) is 18.9. The third-order valence-electron chi connectivity index (χ3n) is 5.83. The third-order valence-corrected chi connectivity index (χ3v) is 5.83. The van der Waals surface area contributed by atoms with E-state index in [0.29, 0.717) is 12.2 Å². The van der Waals surface area contributed by atoms with Crippen molar-refractivity contribution in [3.63, 3.8) is 0 Å². The highest BCUT2D eigenvalue weighted by atomic mass is 16.5. The smallest absolute Gasteiger partial charge is 0.119 e. The maximum atomic E-state index is 10.9. The molecule has 2 fully saturated rings. The first-order chi connectivity index (χ1) is 13.1. The van der Waals surface area contributed by atoms with Crippen LogP contribution in [-0.2, 0) is 16.0 Å². The summed E-state index contributed by atoms with van der Waals surface area (Å²) in [4.78, 5) is 10.9. The zero-order valence-electron chi connectivity index (χ0n) is 15.2. The monoisotopic (exact) mass is 366 g/mol. The Kier molecular flexibility index (Phi) is 4.89. The van der Waals surface area contributed by atoms with Gasteiger partial charge in [0.05, 0.1) is 18.2 Å².